The summed E-state index contributed by atoms with van der Waals surface area (Å²) in [6.07, 6.45) is 1.51. The van der Waals surface area contributed by atoms with E-state index in [1.807, 2.05) is 6.07 Å². The van der Waals surface area contributed by atoms with E-state index in [2.05, 4.69) is 10.3 Å². The number of ether oxygens (including phenoxy) is 1. The number of aromatic nitrogens is 1. The molecule has 3 rings (SSSR count). The van der Waals surface area contributed by atoms with Gasteiger partial charge < -0.3 is 29.4 Å². The van der Waals surface area contributed by atoms with Crippen molar-refractivity contribution in [3.63, 3.8) is 0 Å². The number of esters is 1. The van der Waals surface area contributed by atoms with Crippen molar-refractivity contribution in [2.24, 2.45) is 0 Å². The summed E-state index contributed by atoms with van der Waals surface area (Å²) >= 11 is 0. The van der Waals surface area contributed by atoms with E-state index in [-0.39, 0.29) is 65.7 Å². The molecule has 3 aromatic rings. The van der Waals surface area contributed by atoms with Gasteiger partial charge in [0, 0.05) is 28.4 Å². The monoisotopic (exact) mass is 418 g/mol. The smallest absolute Gasteiger partial charge is 0.809 e. The third-order valence-electron chi connectivity index (χ3n) is 3.93. The van der Waals surface area contributed by atoms with Crippen molar-refractivity contribution >= 4 is 30.2 Å². The zero-order valence-electron chi connectivity index (χ0n) is 16.0. The van der Waals surface area contributed by atoms with Crippen LogP contribution in [-0.4, -0.2) is 17.6 Å². The standard InChI is InChI=1S/C18H19N2O5P.2Na/c1-2-25-18(21)12-7-9-13(10-8-12)20-17(26(22,23)24)15-11-19-16-6-4-3-5-14(15)16;;/h3-11,17,19-20H,2H2,1H3,(H2,22,23,24);;/q;2*+1/p-2. The van der Waals surface area contributed by atoms with Crippen molar-refractivity contribution in [3.8, 4) is 0 Å². The predicted octanol–water partition coefficient (Wildman–Crippen LogP) is -3.62. The molecule has 1 unspecified atom stereocenters. The quantitative estimate of drug-likeness (QED) is 0.243. The van der Waals surface area contributed by atoms with Gasteiger partial charge in [-0.05, 0) is 44.9 Å². The fourth-order valence-electron chi connectivity index (χ4n) is 2.72. The molecule has 1 atom stereocenters. The summed E-state index contributed by atoms with van der Waals surface area (Å²) in [7, 11) is -5.00. The minimum Gasteiger partial charge on any atom is -0.809 e. The molecule has 136 valence electrons. The molecule has 1 heterocycles. The van der Waals surface area contributed by atoms with Gasteiger partial charge in [-0.1, -0.05) is 18.2 Å². The van der Waals surface area contributed by atoms with Crippen molar-refractivity contribution in [2.45, 2.75) is 12.7 Å². The van der Waals surface area contributed by atoms with Crippen molar-refractivity contribution in [1.29, 1.82) is 0 Å². The first-order valence-corrected chi connectivity index (χ1v) is 9.63. The van der Waals surface area contributed by atoms with E-state index in [4.69, 9.17) is 4.74 Å². The molecule has 0 aliphatic rings. The summed E-state index contributed by atoms with van der Waals surface area (Å²) in [5, 5.41) is 3.40. The van der Waals surface area contributed by atoms with Gasteiger partial charge in [0.05, 0.1) is 18.0 Å². The molecule has 0 radical (unpaired) electrons. The second kappa shape index (κ2) is 11.0. The fourth-order valence-corrected chi connectivity index (χ4v) is 3.58. The van der Waals surface area contributed by atoms with Gasteiger partial charge in [-0.3, -0.25) is 0 Å². The number of aromatic amines is 1. The van der Waals surface area contributed by atoms with E-state index < -0.39 is 19.3 Å². The Bertz CT molecular complexity index is 972. The van der Waals surface area contributed by atoms with Gasteiger partial charge in [-0.2, -0.15) is 0 Å². The van der Waals surface area contributed by atoms with E-state index >= 15 is 0 Å². The maximum atomic E-state index is 11.9. The molecular weight excluding hydrogens is 401 g/mol. The Morgan fingerprint density at radius 1 is 1.14 bits per heavy atom. The van der Waals surface area contributed by atoms with E-state index in [1.54, 1.807) is 25.1 Å². The molecule has 1 aromatic heterocycles. The molecule has 0 spiro atoms. The average Bonchev–Trinajstić information content (AvgIpc) is 3.03. The molecule has 0 saturated carbocycles. The van der Waals surface area contributed by atoms with E-state index in [0.29, 0.717) is 22.2 Å². The summed E-state index contributed by atoms with van der Waals surface area (Å²) in [6, 6.07) is 13.2. The van der Waals surface area contributed by atoms with Crippen LogP contribution < -0.4 is 74.2 Å². The molecule has 10 heteroatoms. The second-order valence-electron chi connectivity index (χ2n) is 5.67. The number of fused-ring (bicyclic) bond motifs is 1. The molecule has 0 saturated heterocycles. The van der Waals surface area contributed by atoms with Crippen LogP contribution in [0.4, 0.5) is 5.69 Å². The average molecular weight is 418 g/mol. The Labute approximate surface area is 207 Å². The Morgan fingerprint density at radius 3 is 2.39 bits per heavy atom. The summed E-state index contributed by atoms with van der Waals surface area (Å²) in [5.74, 6) is -1.90. The number of para-hydroxylation sites is 1. The Balaban J connectivity index is 0.00000196. The second-order valence-corrected chi connectivity index (χ2v) is 7.27. The number of hydrogen-bond acceptors (Lipinski definition) is 6. The van der Waals surface area contributed by atoms with Crippen LogP contribution in [0.5, 0.6) is 0 Å². The third kappa shape index (κ3) is 5.95. The molecule has 0 aliphatic heterocycles. The number of anilines is 1. The van der Waals surface area contributed by atoms with Crippen molar-refractivity contribution in [2.75, 3.05) is 11.9 Å². The van der Waals surface area contributed by atoms with Crippen LogP contribution in [-0.2, 0) is 9.30 Å². The van der Waals surface area contributed by atoms with Crippen LogP contribution in [0.2, 0.25) is 0 Å². The topological polar surface area (TPSA) is 117 Å². The Kier molecular flexibility index (Phi) is 9.97. The molecule has 0 bridgehead atoms. The zero-order valence-corrected chi connectivity index (χ0v) is 20.9. The SMILES string of the molecule is CCOC(=O)c1ccc(NC(c2c[nH]c3ccccc23)P(=O)([O-])[O-])cc1.[Na+].[Na+]. The number of nitrogens with one attached hydrogen (secondary N) is 2. The van der Waals surface area contributed by atoms with Gasteiger partial charge in [0.2, 0.25) is 0 Å². The van der Waals surface area contributed by atoms with E-state index in [1.165, 1.54) is 30.5 Å². The largest absolute Gasteiger partial charge is 1.00 e. The maximum absolute atomic E-state index is 11.9. The maximum Gasteiger partial charge on any atom is 1.00 e. The molecule has 0 amide bonds. The van der Waals surface area contributed by atoms with Crippen LogP contribution in [0.15, 0.2) is 54.7 Å². The van der Waals surface area contributed by atoms with Gasteiger partial charge in [0.1, 0.15) is 0 Å². The van der Waals surface area contributed by atoms with Gasteiger partial charge in [-0.15, -0.1) is 0 Å². The fraction of sp³-hybridized carbons (Fsp3) is 0.167. The van der Waals surface area contributed by atoms with Crippen molar-refractivity contribution in [3.05, 3.63) is 65.9 Å². The summed E-state index contributed by atoms with van der Waals surface area (Å²) in [4.78, 5) is 38.4. The molecule has 28 heavy (non-hydrogen) atoms. The zero-order chi connectivity index (χ0) is 18.7. The summed E-state index contributed by atoms with van der Waals surface area (Å²) < 4.78 is 16.8. The number of benzene rings is 2. The van der Waals surface area contributed by atoms with E-state index in [0.717, 1.165) is 5.52 Å². The van der Waals surface area contributed by atoms with Gasteiger partial charge in [0.25, 0.3) is 0 Å². The number of carbonyl (C=O) groups excluding carboxylic acids is 1. The molecular formula is C18H17N2Na2O5P. The number of hydrogen-bond donors (Lipinski definition) is 2. The molecule has 2 aromatic carbocycles. The van der Waals surface area contributed by atoms with Crippen molar-refractivity contribution < 1.29 is 83.0 Å². The third-order valence-corrected chi connectivity index (χ3v) is 4.97. The number of carbonyl (C=O) groups is 1. The van der Waals surface area contributed by atoms with Crippen LogP contribution in [0.25, 0.3) is 10.9 Å². The van der Waals surface area contributed by atoms with Crippen molar-refractivity contribution in [1.82, 2.24) is 4.98 Å². The molecule has 2 N–H and O–H groups in total. The summed E-state index contributed by atoms with van der Waals surface area (Å²) in [5.41, 5.74) is 1.83. The first-order chi connectivity index (χ1) is 12.4. The minimum absolute atomic E-state index is 0. The number of rotatable bonds is 6. The van der Waals surface area contributed by atoms with Gasteiger partial charge >= 0.3 is 65.1 Å². The predicted molar refractivity (Wildman–Crippen MR) is 94.7 cm³/mol. The molecule has 7 nitrogen and oxygen atoms in total. The van der Waals surface area contributed by atoms with Crippen LogP contribution in [0, 0.1) is 0 Å². The first kappa shape index (κ1) is 25.4. The van der Waals surface area contributed by atoms with Gasteiger partial charge in [0.15, 0.2) is 0 Å². The van der Waals surface area contributed by atoms with Gasteiger partial charge in [-0.25, -0.2) is 4.79 Å². The number of H-pyrrole nitrogens is 1. The van der Waals surface area contributed by atoms with Crippen LogP contribution in [0.1, 0.15) is 28.6 Å². The Morgan fingerprint density at radius 2 is 1.79 bits per heavy atom. The molecule has 0 fully saturated rings. The van der Waals surface area contributed by atoms with Crippen LogP contribution >= 0.6 is 7.60 Å². The van der Waals surface area contributed by atoms with E-state index in [9.17, 15) is 19.1 Å². The summed E-state index contributed by atoms with van der Waals surface area (Å²) in [6.45, 7) is 1.97. The van der Waals surface area contributed by atoms with Crippen LogP contribution in [0.3, 0.4) is 0 Å². The molecule has 0 aliphatic carbocycles. The first-order valence-electron chi connectivity index (χ1n) is 8.01. The normalized spacial score (nSPS) is 11.8. The Hall–Kier alpha value is -0.600. The minimum atomic E-state index is -5.00.